The second-order valence-corrected chi connectivity index (χ2v) is 3.80. The lowest BCUT2D eigenvalue weighted by Gasteiger charge is -2.05. The zero-order valence-corrected chi connectivity index (χ0v) is 9.95. The van der Waals surface area contributed by atoms with Crippen LogP contribution in [0.5, 0.6) is 0 Å². The van der Waals surface area contributed by atoms with Crippen LogP contribution in [0.15, 0.2) is 24.5 Å². The number of nitro benzene ring substituents is 1. The number of hydrogen-bond donors (Lipinski definition) is 0. The molecule has 0 saturated carbocycles. The van der Waals surface area contributed by atoms with E-state index in [1.807, 2.05) is 0 Å². The van der Waals surface area contributed by atoms with Gasteiger partial charge in [0.15, 0.2) is 11.4 Å². The predicted octanol–water partition coefficient (Wildman–Crippen LogP) is 1.72. The van der Waals surface area contributed by atoms with Crippen molar-refractivity contribution >= 4 is 5.69 Å². The molecule has 0 saturated heterocycles. The molecule has 20 heavy (non-hydrogen) atoms. The molecule has 0 aliphatic rings. The van der Waals surface area contributed by atoms with E-state index in [4.69, 9.17) is 10.5 Å². The summed E-state index contributed by atoms with van der Waals surface area (Å²) in [6, 6.07) is 7.31. The third-order valence-corrected chi connectivity index (χ3v) is 2.65. The molecule has 2 aromatic rings. The van der Waals surface area contributed by atoms with Gasteiger partial charge in [0.05, 0.1) is 17.8 Å². The lowest BCUT2D eigenvalue weighted by atomic mass is 10.2. The topological polar surface area (TPSA) is 109 Å². The highest BCUT2D eigenvalue weighted by Crippen LogP contribution is 2.21. The molecule has 0 unspecified atom stereocenters. The van der Waals surface area contributed by atoms with Gasteiger partial charge in [0, 0.05) is 11.6 Å². The Kier molecular flexibility index (Phi) is 3.40. The van der Waals surface area contributed by atoms with Gasteiger partial charge in [0.25, 0.3) is 0 Å². The summed E-state index contributed by atoms with van der Waals surface area (Å²) >= 11 is 0. The Bertz CT molecular complexity index is 769. The van der Waals surface area contributed by atoms with Gasteiger partial charge in [-0.3, -0.25) is 10.1 Å². The first-order valence-electron chi connectivity index (χ1n) is 5.35. The van der Waals surface area contributed by atoms with Crippen molar-refractivity contribution < 1.29 is 9.31 Å². The van der Waals surface area contributed by atoms with Crippen LogP contribution in [0, 0.1) is 38.6 Å². The second-order valence-electron chi connectivity index (χ2n) is 3.80. The molecule has 0 spiro atoms. The number of hydrogen-bond acceptors (Lipinski definition) is 5. The Morgan fingerprint density at radius 1 is 1.40 bits per heavy atom. The van der Waals surface area contributed by atoms with Crippen LogP contribution in [0.3, 0.4) is 0 Å². The zero-order valence-electron chi connectivity index (χ0n) is 9.95. The molecule has 0 bridgehead atoms. The van der Waals surface area contributed by atoms with Gasteiger partial charge in [-0.05, 0) is 0 Å². The molecule has 0 N–H and O–H groups in total. The van der Waals surface area contributed by atoms with Gasteiger partial charge in [0.1, 0.15) is 12.1 Å². The van der Waals surface area contributed by atoms with E-state index in [2.05, 4.69) is 4.98 Å². The van der Waals surface area contributed by atoms with Crippen LogP contribution >= 0.6 is 0 Å². The lowest BCUT2D eigenvalue weighted by molar-refractivity contribution is -0.387. The average Bonchev–Trinajstić information content (AvgIpc) is 2.82. The van der Waals surface area contributed by atoms with Gasteiger partial charge < -0.3 is 4.57 Å². The van der Waals surface area contributed by atoms with Gasteiger partial charge in [-0.25, -0.2) is 4.98 Å². The molecule has 1 heterocycles. The van der Waals surface area contributed by atoms with Crippen molar-refractivity contribution in [2.75, 3.05) is 0 Å². The first-order chi connectivity index (χ1) is 9.58. The molecule has 1 aromatic heterocycles. The van der Waals surface area contributed by atoms with Crippen LogP contribution in [-0.2, 0) is 6.54 Å². The number of aromatic nitrogens is 2. The third-order valence-electron chi connectivity index (χ3n) is 2.65. The van der Waals surface area contributed by atoms with E-state index < -0.39 is 16.4 Å². The van der Waals surface area contributed by atoms with Crippen LogP contribution in [0.4, 0.5) is 10.1 Å². The molecule has 0 aliphatic heterocycles. The highest BCUT2D eigenvalue weighted by atomic mass is 19.1. The minimum atomic E-state index is -0.964. The normalized spacial score (nSPS) is 9.75. The van der Waals surface area contributed by atoms with Crippen molar-refractivity contribution in [1.82, 2.24) is 9.55 Å². The van der Waals surface area contributed by atoms with E-state index in [1.54, 1.807) is 12.1 Å². The van der Waals surface area contributed by atoms with Crippen molar-refractivity contribution in [3.63, 3.8) is 0 Å². The van der Waals surface area contributed by atoms with Crippen LogP contribution in [0.25, 0.3) is 0 Å². The Morgan fingerprint density at radius 2 is 2.15 bits per heavy atom. The Morgan fingerprint density at radius 3 is 2.75 bits per heavy atom. The molecule has 1 aromatic carbocycles. The minimum Gasteiger partial charge on any atom is -0.317 e. The first kappa shape index (κ1) is 13.2. The number of nitro groups is 1. The Balaban J connectivity index is 2.44. The molecule has 0 amide bonds. The summed E-state index contributed by atoms with van der Waals surface area (Å²) in [4.78, 5) is 13.5. The summed E-state index contributed by atoms with van der Waals surface area (Å²) in [5, 5.41) is 28.4. The molecule has 98 valence electrons. The monoisotopic (exact) mass is 271 g/mol. The molecule has 2 rings (SSSR count). The van der Waals surface area contributed by atoms with E-state index in [-0.39, 0.29) is 23.5 Å². The number of rotatable bonds is 3. The fourth-order valence-corrected chi connectivity index (χ4v) is 1.71. The van der Waals surface area contributed by atoms with E-state index in [9.17, 15) is 14.5 Å². The van der Waals surface area contributed by atoms with Crippen molar-refractivity contribution in [3.05, 3.63) is 57.4 Å². The van der Waals surface area contributed by atoms with Gasteiger partial charge >= 0.3 is 5.69 Å². The maximum Gasteiger partial charge on any atom is 0.305 e. The molecule has 7 nitrogen and oxygen atoms in total. The van der Waals surface area contributed by atoms with Crippen molar-refractivity contribution in [2.24, 2.45) is 0 Å². The standard InChI is InChI=1S/C12H6FN5O2/c13-12-8(2-1-3-10(12)18(19)20)6-17-7-16-9(4-14)11(17)5-15/h1-3,7H,6H2. The highest BCUT2D eigenvalue weighted by molar-refractivity contribution is 5.39. The first-order valence-corrected chi connectivity index (χ1v) is 5.35. The summed E-state index contributed by atoms with van der Waals surface area (Å²) in [6.07, 6.45) is 1.22. The smallest absolute Gasteiger partial charge is 0.305 e. The zero-order chi connectivity index (χ0) is 14.7. The molecule has 8 heteroatoms. The second kappa shape index (κ2) is 5.16. The largest absolute Gasteiger partial charge is 0.317 e. The number of imidazole rings is 1. The molecule has 0 aliphatic carbocycles. The van der Waals surface area contributed by atoms with E-state index in [0.29, 0.717) is 0 Å². The lowest BCUT2D eigenvalue weighted by Crippen LogP contribution is -2.05. The molecule has 0 fully saturated rings. The maximum absolute atomic E-state index is 13.9. The van der Waals surface area contributed by atoms with Crippen LogP contribution in [-0.4, -0.2) is 14.5 Å². The maximum atomic E-state index is 13.9. The highest BCUT2D eigenvalue weighted by Gasteiger charge is 2.18. The predicted molar refractivity (Wildman–Crippen MR) is 63.8 cm³/mol. The molecular formula is C12H6FN5O2. The fraction of sp³-hybridized carbons (Fsp3) is 0.0833. The van der Waals surface area contributed by atoms with Gasteiger partial charge in [-0.15, -0.1) is 0 Å². The summed E-state index contributed by atoms with van der Waals surface area (Å²) in [5.41, 5.74) is -0.684. The summed E-state index contributed by atoms with van der Waals surface area (Å²) in [6.45, 7) is -0.120. The SMILES string of the molecule is N#Cc1ncn(Cc2cccc([N+](=O)[O-])c2F)c1C#N. The molecule has 0 atom stereocenters. The fourth-order valence-electron chi connectivity index (χ4n) is 1.71. The van der Waals surface area contributed by atoms with Crippen LogP contribution in [0.2, 0.25) is 0 Å². The van der Waals surface area contributed by atoms with E-state index in [0.717, 1.165) is 6.07 Å². The average molecular weight is 271 g/mol. The van der Waals surface area contributed by atoms with Crippen molar-refractivity contribution in [3.8, 4) is 12.1 Å². The van der Waals surface area contributed by atoms with Gasteiger partial charge in [-0.2, -0.15) is 14.9 Å². The Hall–Kier alpha value is -3.26. The van der Waals surface area contributed by atoms with Crippen LogP contribution < -0.4 is 0 Å². The number of halogens is 1. The summed E-state index contributed by atoms with van der Waals surface area (Å²) in [7, 11) is 0. The summed E-state index contributed by atoms with van der Waals surface area (Å²) < 4.78 is 15.2. The van der Waals surface area contributed by atoms with Crippen molar-refractivity contribution in [2.45, 2.75) is 6.54 Å². The van der Waals surface area contributed by atoms with E-state index >= 15 is 0 Å². The van der Waals surface area contributed by atoms with E-state index in [1.165, 1.54) is 23.0 Å². The van der Waals surface area contributed by atoms with Crippen molar-refractivity contribution in [1.29, 1.82) is 10.5 Å². The quantitative estimate of drug-likeness (QED) is 0.623. The minimum absolute atomic E-state index is 0.0154. The number of nitrogens with zero attached hydrogens (tertiary/aromatic N) is 5. The number of benzene rings is 1. The molecule has 0 radical (unpaired) electrons. The molecular weight excluding hydrogens is 265 g/mol. The Labute approximate surface area is 112 Å². The summed E-state index contributed by atoms with van der Waals surface area (Å²) in [5.74, 6) is -0.964. The number of nitriles is 2. The third kappa shape index (κ3) is 2.18. The van der Waals surface area contributed by atoms with Gasteiger partial charge in [0.2, 0.25) is 5.82 Å². The van der Waals surface area contributed by atoms with Gasteiger partial charge in [-0.1, -0.05) is 12.1 Å². The van der Waals surface area contributed by atoms with Crippen LogP contribution in [0.1, 0.15) is 17.0 Å².